The van der Waals surface area contributed by atoms with Crippen LogP contribution in [0.25, 0.3) is 0 Å². The highest BCUT2D eigenvalue weighted by molar-refractivity contribution is 7.49. The van der Waals surface area contributed by atoms with Crippen molar-refractivity contribution in [3.63, 3.8) is 0 Å². The van der Waals surface area contributed by atoms with Gasteiger partial charge in [0.05, 0.1) is 6.42 Å². The summed E-state index contributed by atoms with van der Waals surface area (Å²) in [6.07, 6.45) is 5.17. The van der Waals surface area contributed by atoms with Crippen LogP contribution in [-0.4, -0.2) is 20.7 Å². The number of carbonyl (C=O) groups is 1. The van der Waals surface area contributed by atoms with Gasteiger partial charge in [-0.25, -0.2) is 4.57 Å². The second kappa shape index (κ2) is 6.92. The Kier molecular flexibility index (Phi) is 5.19. The van der Waals surface area contributed by atoms with Crippen molar-refractivity contribution in [3.8, 4) is 5.75 Å². The van der Waals surface area contributed by atoms with Crippen LogP contribution in [0.3, 0.4) is 0 Å². The van der Waals surface area contributed by atoms with Gasteiger partial charge in [0.2, 0.25) is 0 Å². The summed E-state index contributed by atoms with van der Waals surface area (Å²) in [5.74, 6) is 0.0338. The number of hydrogen-bond donors (Lipinski definition) is 4. The van der Waals surface area contributed by atoms with Crippen molar-refractivity contribution in [3.05, 3.63) is 53.3 Å². The first-order chi connectivity index (χ1) is 10.3. The molecule has 0 spiro atoms. The molecule has 0 fully saturated rings. The molecule has 7 heteroatoms. The van der Waals surface area contributed by atoms with Crippen LogP contribution in [0.15, 0.2) is 47.7 Å². The second-order valence-electron chi connectivity index (χ2n) is 5.16. The van der Waals surface area contributed by atoms with E-state index in [0.717, 1.165) is 24.0 Å². The third-order valence-electron chi connectivity index (χ3n) is 3.34. The molecule has 0 aliphatic heterocycles. The van der Waals surface area contributed by atoms with Crippen LogP contribution in [0.1, 0.15) is 24.8 Å². The summed E-state index contributed by atoms with van der Waals surface area (Å²) in [4.78, 5) is 29.4. The van der Waals surface area contributed by atoms with Crippen molar-refractivity contribution >= 4 is 13.5 Å². The average molecular weight is 323 g/mol. The zero-order valence-electron chi connectivity index (χ0n) is 11.9. The molecule has 1 aromatic carbocycles. The Morgan fingerprint density at radius 2 is 1.77 bits per heavy atom. The second-order valence-corrected chi connectivity index (χ2v) is 6.47. The standard InChI is InChI=1S/C15H18NO5P/c17-13-7-4-11(5-8-13)2-1-3-12-6-9-14(18)10-15(12)16-22(19,20)21/h4-9,17H,1-3,10H2,(H3,16,19,20,21). The molecule has 118 valence electrons. The molecule has 0 bridgehead atoms. The molecular weight excluding hydrogens is 305 g/mol. The highest BCUT2D eigenvalue weighted by Gasteiger charge is 2.20. The first-order valence-electron chi connectivity index (χ1n) is 6.88. The van der Waals surface area contributed by atoms with Gasteiger partial charge in [0.1, 0.15) is 5.75 Å². The first kappa shape index (κ1) is 16.5. The van der Waals surface area contributed by atoms with Crippen molar-refractivity contribution < 1.29 is 24.3 Å². The van der Waals surface area contributed by atoms with E-state index >= 15 is 0 Å². The summed E-state index contributed by atoms with van der Waals surface area (Å²) in [6, 6.07) is 6.90. The van der Waals surface area contributed by atoms with E-state index in [4.69, 9.17) is 9.79 Å². The van der Waals surface area contributed by atoms with Crippen molar-refractivity contribution in [2.75, 3.05) is 0 Å². The van der Waals surface area contributed by atoms with Gasteiger partial charge in [-0.3, -0.25) is 9.88 Å². The predicted molar refractivity (Wildman–Crippen MR) is 82.0 cm³/mol. The Bertz CT molecular complexity index is 657. The number of allylic oxidation sites excluding steroid dienone is 4. The average Bonchev–Trinajstić information content (AvgIpc) is 2.41. The Hall–Kier alpha value is -1.88. The maximum atomic E-state index is 11.4. The molecule has 0 unspecified atom stereocenters. The van der Waals surface area contributed by atoms with Gasteiger partial charge in [-0.1, -0.05) is 18.2 Å². The van der Waals surface area contributed by atoms with Crippen LogP contribution in [0, 0.1) is 0 Å². The number of hydrogen-bond acceptors (Lipinski definition) is 3. The van der Waals surface area contributed by atoms with Gasteiger partial charge in [0, 0.05) is 5.70 Å². The van der Waals surface area contributed by atoms with Crippen LogP contribution < -0.4 is 5.09 Å². The summed E-state index contributed by atoms with van der Waals surface area (Å²) in [5, 5.41) is 11.4. The Labute approximate surface area is 128 Å². The molecule has 0 atom stereocenters. The molecule has 2 rings (SSSR count). The zero-order chi connectivity index (χ0) is 16.2. The zero-order valence-corrected chi connectivity index (χ0v) is 12.8. The number of aryl methyl sites for hydroxylation is 1. The fraction of sp³-hybridized carbons (Fsp3) is 0.267. The van der Waals surface area contributed by atoms with Crippen molar-refractivity contribution in [1.29, 1.82) is 0 Å². The number of aromatic hydroxyl groups is 1. The van der Waals surface area contributed by atoms with Crippen LogP contribution >= 0.6 is 7.75 Å². The van der Waals surface area contributed by atoms with Gasteiger partial charge >= 0.3 is 7.75 Å². The van der Waals surface area contributed by atoms with E-state index < -0.39 is 7.75 Å². The Morgan fingerprint density at radius 3 is 2.41 bits per heavy atom. The van der Waals surface area contributed by atoms with E-state index in [-0.39, 0.29) is 18.0 Å². The summed E-state index contributed by atoms with van der Waals surface area (Å²) in [7, 11) is -4.42. The lowest BCUT2D eigenvalue weighted by atomic mass is 9.97. The number of ketones is 1. The third-order valence-corrected chi connectivity index (χ3v) is 3.90. The summed E-state index contributed by atoms with van der Waals surface area (Å²) in [6.45, 7) is 0. The van der Waals surface area contributed by atoms with E-state index in [0.29, 0.717) is 12.1 Å². The summed E-state index contributed by atoms with van der Waals surface area (Å²) in [5.41, 5.74) is 2.10. The molecule has 0 amide bonds. The lowest BCUT2D eigenvalue weighted by Gasteiger charge is -2.18. The summed E-state index contributed by atoms with van der Waals surface area (Å²) < 4.78 is 11.1. The van der Waals surface area contributed by atoms with Crippen LogP contribution in [0.4, 0.5) is 0 Å². The molecule has 22 heavy (non-hydrogen) atoms. The van der Waals surface area contributed by atoms with E-state index in [9.17, 15) is 14.5 Å². The molecule has 6 nitrogen and oxygen atoms in total. The van der Waals surface area contributed by atoms with Crippen LogP contribution in [0.5, 0.6) is 5.75 Å². The quantitative estimate of drug-likeness (QED) is 0.598. The topological polar surface area (TPSA) is 107 Å². The van der Waals surface area contributed by atoms with E-state index in [1.807, 2.05) is 12.1 Å². The van der Waals surface area contributed by atoms with Crippen molar-refractivity contribution in [1.82, 2.24) is 5.09 Å². The van der Waals surface area contributed by atoms with Crippen LogP contribution in [0.2, 0.25) is 0 Å². The van der Waals surface area contributed by atoms with Gasteiger partial charge in [-0.2, -0.15) is 0 Å². The number of rotatable bonds is 6. The van der Waals surface area contributed by atoms with Gasteiger partial charge in [-0.15, -0.1) is 0 Å². The van der Waals surface area contributed by atoms with Gasteiger partial charge < -0.3 is 14.9 Å². The van der Waals surface area contributed by atoms with Gasteiger partial charge in [-0.05, 0) is 48.6 Å². The number of carbonyl (C=O) groups excluding carboxylic acids is 1. The maximum Gasteiger partial charge on any atom is 0.427 e. The van der Waals surface area contributed by atoms with Gasteiger partial charge in [0.25, 0.3) is 0 Å². The minimum Gasteiger partial charge on any atom is -0.508 e. The van der Waals surface area contributed by atoms with Crippen molar-refractivity contribution in [2.45, 2.75) is 25.7 Å². The minimum absolute atomic E-state index is 0.0177. The number of nitrogens with one attached hydrogen (secondary N) is 1. The number of phenols is 1. The van der Waals surface area contributed by atoms with E-state index in [1.54, 1.807) is 18.2 Å². The maximum absolute atomic E-state index is 11.4. The first-order valence-corrected chi connectivity index (χ1v) is 8.49. The fourth-order valence-corrected chi connectivity index (χ4v) is 2.88. The van der Waals surface area contributed by atoms with Crippen LogP contribution in [-0.2, 0) is 15.8 Å². The Balaban J connectivity index is 2.00. The molecule has 1 aliphatic rings. The monoisotopic (exact) mass is 323 g/mol. The molecule has 0 aromatic heterocycles. The van der Waals surface area contributed by atoms with E-state index in [1.165, 1.54) is 6.08 Å². The number of phenolic OH excluding ortho intramolecular Hbond substituents is 1. The normalized spacial score (nSPS) is 15.3. The highest BCUT2D eigenvalue weighted by atomic mass is 31.2. The smallest absolute Gasteiger partial charge is 0.427 e. The molecule has 1 aromatic rings. The molecule has 1 aliphatic carbocycles. The third kappa shape index (κ3) is 5.15. The lowest BCUT2D eigenvalue weighted by Crippen LogP contribution is -2.17. The SMILES string of the molecule is O=C1C=CC(CCCc2ccc(O)cc2)=C(NP(=O)(O)O)C1. The van der Waals surface area contributed by atoms with Gasteiger partial charge in [0.15, 0.2) is 5.78 Å². The molecule has 0 saturated carbocycles. The largest absolute Gasteiger partial charge is 0.508 e. The van der Waals surface area contributed by atoms with E-state index in [2.05, 4.69) is 5.09 Å². The molecule has 4 N–H and O–H groups in total. The number of benzene rings is 1. The molecule has 0 heterocycles. The summed E-state index contributed by atoms with van der Waals surface area (Å²) >= 11 is 0. The predicted octanol–water partition coefficient (Wildman–Crippen LogP) is 2.18. The molecule has 0 radical (unpaired) electrons. The fourth-order valence-electron chi connectivity index (χ4n) is 2.31. The minimum atomic E-state index is -4.42. The van der Waals surface area contributed by atoms with Crippen molar-refractivity contribution in [2.24, 2.45) is 0 Å². The highest BCUT2D eigenvalue weighted by Crippen LogP contribution is 2.33. The Morgan fingerprint density at radius 1 is 1.09 bits per heavy atom. The molecular formula is C15H18NO5P. The molecule has 0 saturated heterocycles. The lowest BCUT2D eigenvalue weighted by molar-refractivity contribution is -0.114.